The van der Waals surface area contributed by atoms with Crippen LogP contribution in [0.3, 0.4) is 0 Å². The molecule has 0 spiro atoms. The van der Waals surface area contributed by atoms with E-state index < -0.39 is 0 Å². The van der Waals surface area contributed by atoms with Gasteiger partial charge in [0.1, 0.15) is 5.75 Å². The Hall–Kier alpha value is 0.410. The minimum Gasteiger partial charge on any atom is -0.492 e. The van der Waals surface area contributed by atoms with E-state index in [9.17, 15) is 0 Å². The first kappa shape index (κ1) is 9.50. The summed E-state index contributed by atoms with van der Waals surface area (Å²) in [5, 5.41) is 0. The van der Waals surface area contributed by atoms with Crippen LogP contribution in [0.25, 0.3) is 0 Å². The zero-order valence-corrected chi connectivity index (χ0v) is 10.3. The highest BCUT2D eigenvalue weighted by atomic mass is 127. The van der Waals surface area contributed by atoms with E-state index in [2.05, 4.69) is 50.2 Å². The van der Waals surface area contributed by atoms with Crippen LogP contribution in [0.1, 0.15) is 6.92 Å². The Balaban J connectivity index is 3.00. The van der Waals surface area contributed by atoms with Crippen molar-refractivity contribution >= 4 is 45.2 Å². The summed E-state index contributed by atoms with van der Waals surface area (Å²) in [6.07, 6.45) is 3.60. The molecule has 11 heavy (non-hydrogen) atoms. The van der Waals surface area contributed by atoms with E-state index in [0.29, 0.717) is 6.61 Å². The number of pyridine rings is 1. The number of hydrogen-bond donors (Lipinski definition) is 0. The number of ether oxygens (including phenoxy) is 1. The Morgan fingerprint density at radius 1 is 1.36 bits per heavy atom. The van der Waals surface area contributed by atoms with Crippen LogP contribution in [0.4, 0.5) is 0 Å². The molecule has 0 N–H and O–H groups in total. The third-order valence-corrected chi connectivity index (χ3v) is 2.64. The fraction of sp³-hybridized carbons (Fsp3) is 0.286. The predicted molar refractivity (Wildman–Crippen MR) is 60.8 cm³/mol. The van der Waals surface area contributed by atoms with Crippen LogP contribution < -0.4 is 4.74 Å². The van der Waals surface area contributed by atoms with Gasteiger partial charge in [0, 0.05) is 12.4 Å². The first-order valence-corrected chi connectivity index (χ1v) is 5.33. The molecule has 0 aliphatic carbocycles. The summed E-state index contributed by atoms with van der Waals surface area (Å²) >= 11 is 4.43. The maximum atomic E-state index is 5.41. The summed E-state index contributed by atoms with van der Waals surface area (Å²) in [6.45, 7) is 2.68. The zero-order valence-electron chi connectivity index (χ0n) is 5.97. The van der Waals surface area contributed by atoms with Crippen molar-refractivity contribution in [3.05, 3.63) is 19.5 Å². The Morgan fingerprint density at radius 3 is 2.36 bits per heavy atom. The van der Waals surface area contributed by atoms with E-state index in [4.69, 9.17) is 4.74 Å². The number of aromatic nitrogens is 1. The minimum absolute atomic E-state index is 0.704. The predicted octanol–water partition coefficient (Wildman–Crippen LogP) is 2.69. The molecule has 1 aromatic rings. The summed E-state index contributed by atoms with van der Waals surface area (Å²) in [6, 6.07) is 0. The summed E-state index contributed by atoms with van der Waals surface area (Å²) in [7, 11) is 0. The maximum Gasteiger partial charge on any atom is 0.149 e. The molecular formula is C7H7I2NO. The van der Waals surface area contributed by atoms with Crippen LogP contribution in [0.2, 0.25) is 0 Å². The van der Waals surface area contributed by atoms with Crippen molar-refractivity contribution in [1.82, 2.24) is 4.98 Å². The van der Waals surface area contributed by atoms with Crippen molar-refractivity contribution in [2.75, 3.05) is 6.61 Å². The molecular weight excluding hydrogens is 368 g/mol. The molecule has 0 saturated heterocycles. The first-order valence-electron chi connectivity index (χ1n) is 3.17. The number of halogens is 2. The van der Waals surface area contributed by atoms with Gasteiger partial charge >= 0.3 is 0 Å². The second-order valence-electron chi connectivity index (χ2n) is 1.87. The molecule has 60 valence electrons. The average molecular weight is 375 g/mol. The van der Waals surface area contributed by atoms with E-state index in [1.165, 1.54) is 0 Å². The molecule has 1 aromatic heterocycles. The summed E-state index contributed by atoms with van der Waals surface area (Å²) < 4.78 is 7.54. The van der Waals surface area contributed by atoms with Gasteiger partial charge in [0.05, 0.1) is 13.7 Å². The van der Waals surface area contributed by atoms with Gasteiger partial charge in [-0.15, -0.1) is 0 Å². The van der Waals surface area contributed by atoms with Gasteiger partial charge in [-0.25, -0.2) is 0 Å². The van der Waals surface area contributed by atoms with Gasteiger partial charge in [-0.2, -0.15) is 0 Å². The van der Waals surface area contributed by atoms with Gasteiger partial charge in [-0.05, 0) is 52.1 Å². The normalized spacial score (nSPS) is 9.73. The molecule has 0 amide bonds. The highest BCUT2D eigenvalue weighted by Gasteiger charge is 2.04. The molecule has 0 saturated carbocycles. The molecule has 1 heterocycles. The lowest BCUT2D eigenvalue weighted by Crippen LogP contribution is -1.96. The molecule has 0 aliphatic rings. The van der Waals surface area contributed by atoms with Crippen LogP contribution in [0.15, 0.2) is 12.4 Å². The molecule has 0 radical (unpaired) electrons. The topological polar surface area (TPSA) is 22.1 Å². The van der Waals surface area contributed by atoms with Gasteiger partial charge in [-0.3, -0.25) is 4.98 Å². The smallest absolute Gasteiger partial charge is 0.149 e. The molecule has 0 aromatic carbocycles. The molecule has 2 nitrogen and oxygen atoms in total. The Morgan fingerprint density at radius 2 is 1.91 bits per heavy atom. The molecule has 0 atom stereocenters. The monoisotopic (exact) mass is 375 g/mol. The van der Waals surface area contributed by atoms with Crippen LogP contribution >= 0.6 is 45.2 Å². The van der Waals surface area contributed by atoms with Crippen molar-refractivity contribution in [3.8, 4) is 5.75 Å². The van der Waals surface area contributed by atoms with Gasteiger partial charge in [0.15, 0.2) is 0 Å². The number of nitrogens with zero attached hydrogens (tertiary/aromatic N) is 1. The van der Waals surface area contributed by atoms with Crippen molar-refractivity contribution in [2.45, 2.75) is 6.92 Å². The van der Waals surface area contributed by atoms with Crippen molar-refractivity contribution < 1.29 is 4.74 Å². The lowest BCUT2D eigenvalue weighted by molar-refractivity contribution is 0.335. The van der Waals surface area contributed by atoms with Crippen molar-refractivity contribution in [3.63, 3.8) is 0 Å². The molecule has 0 bridgehead atoms. The van der Waals surface area contributed by atoms with E-state index in [1.807, 2.05) is 6.92 Å². The quantitative estimate of drug-likeness (QED) is 0.742. The SMILES string of the molecule is CCOc1c(I)cncc1I. The van der Waals surface area contributed by atoms with E-state index in [-0.39, 0.29) is 0 Å². The molecule has 4 heteroatoms. The summed E-state index contributed by atoms with van der Waals surface area (Å²) in [4.78, 5) is 4.03. The third-order valence-electron chi connectivity index (χ3n) is 1.10. The Bertz CT molecular complexity index is 232. The van der Waals surface area contributed by atoms with E-state index in [0.717, 1.165) is 12.9 Å². The molecule has 0 unspecified atom stereocenters. The molecule has 0 fully saturated rings. The van der Waals surface area contributed by atoms with E-state index in [1.54, 1.807) is 12.4 Å². The van der Waals surface area contributed by atoms with Crippen molar-refractivity contribution in [1.29, 1.82) is 0 Å². The van der Waals surface area contributed by atoms with Gasteiger partial charge in [0.2, 0.25) is 0 Å². The first-order chi connectivity index (χ1) is 5.25. The highest BCUT2D eigenvalue weighted by Crippen LogP contribution is 2.25. The fourth-order valence-electron chi connectivity index (χ4n) is 0.682. The lowest BCUT2D eigenvalue weighted by Gasteiger charge is -2.06. The second kappa shape index (κ2) is 4.44. The summed E-state index contributed by atoms with van der Waals surface area (Å²) in [5.41, 5.74) is 0. The van der Waals surface area contributed by atoms with Crippen LogP contribution in [-0.2, 0) is 0 Å². The van der Waals surface area contributed by atoms with Crippen LogP contribution in [-0.4, -0.2) is 11.6 Å². The second-order valence-corrected chi connectivity index (χ2v) is 4.19. The molecule has 1 rings (SSSR count). The minimum atomic E-state index is 0.704. The van der Waals surface area contributed by atoms with Gasteiger partial charge in [0.25, 0.3) is 0 Å². The van der Waals surface area contributed by atoms with Gasteiger partial charge in [-0.1, -0.05) is 0 Å². The van der Waals surface area contributed by atoms with Crippen LogP contribution in [0.5, 0.6) is 5.75 Å². The van der Waals surface area contributed by atoms with E-state index >= 15 is 0 Å². The van der Waals surface area contributed by atoms with Gasteiger partial charge < -0.3 is 4.74 Å². The average Bonchev–Trinajstić information content (AvgIpc) is 1.97. The van der Waals surface area contributed by atoms with Crippen LogP contribution in [0, 0.1) is 7.14 Å². The Kier molecular flexibility index (Phi) is 3.83. The number of rotatable bonds is 2. The van der Waals surface area contributed by atoms with Crippen molar-refractivity contribution in [2.24, 2.45) is 0 Å². The highest BCUT2D eigenvalue weighted by molar-refractivity contribution is 14.1. The largest absolute Gasteiger partial charge is 0.492 e. The number of hydrogen-bond acceptors (Lipinski definition) is 2. The maximum absolute atomic E-state index is 5.41. The summed E-state index contributed by atoms with van der Waals surface area (Å²) in [5.74, 6) is 0.948. The lowest BCUT2D eigenvalue weighted by atomic mass is 10.4. The Labute approximate surface area is 93.0 Å². The fourth-order valence-corrected chi connectivity index (χ4v) is 2.41. The molecule has 0 aliphatic heterocycles. The third kappa shape index (κ3) is 2.43. The standard InChI is InChI=1S/C7H7I2NO/c1-2-11-7-5(8)3-10-4-6(7)9/h3-4H,2H2,1H3. The zero-order chi connectivity index (χ0) is 8.27.